The minimum absolute atomic E-state index is 0.0354. The van der Waals surface area contributed by atoms with Crippen molar-refractivity contribution in [1.82, 2.24) is 5.32 Å². The smallest absolute Gasteiger partial charge is 0.225 e. The Hall–Kier alpha value is -1.26. The molecule has 0 aliphatic carbocycles. The van der Waals surface area contributed by atoms with E-state index in [4.69, 9.17) is 16.3 Å². The monoisotopic (exact) mass is 298 g/mol. The fourth-order valence-corrected chi connectivity index (χ4v) is 1.85. The van der Waals surface area contributed by atoms with Crippen LogP contribution in [0.3, 0.4) is 0 Å². The molecule has 1 amide bonds. The zero-order valence-corrected chi connectivity index (χ0v) is 13.3. The van der Waals surface area contributed by atoms with E-state index in [9.17, 15) is 4.79 Å². The predicted octanol–water partition coefficient (Wildman–Crippen LogP) is 3.45. The number of nitrogens with one attached hydrogen (secondary N) is 2. The predicted molar refractivity (Wildman–Crippen MR) is 83.6 cm³/mol. The van der Waals surface area contributed by atoms with E-state index in [2.05, 4.69) is 10.6 Å². The Kier molecular flexibility index (Phi) is 6.82. The molecule has 0 heterocycles. The van der Waals surface area contributed by atoms with Crippen LogP contribution in [-0.2, 0) is 4.79 Å². The van der Waals surface area contributed by atoms with Crippen LogP contribution in [0.5, 0.6) is 5.75 Å². The molecule has 0 aliphatic heterocycles. The van der Waals surface area contributed by atoms with Gasteiger partial charge < -0.3 is 15.4 Å². The molecule has 112 valence electrons. The van der Waals surface area contributed by atoms with Crippen LogP contribution < -0.4 is 15.4 Å². The van der Waals surface area contributed by atoms with Gasteiger partial charge in [0.1, 0.15) is 5.75 Å². The fraction of sp³-hybridized carbons (Fsp3) is 0.533. The molecule has 0 atom stereocenters. The van der Waals surface area contributed by atoms with Crippen LogP contribution >= 0.6 is 11.6 Å². The normalized spacial score (nSPS) is 10.9. The van der Waals surface area contributed by atoms with Crippen LogP contribution in [0.15, 0.2) is 18.2 Å². The van der Waals surface area contributed by atoms with Gasteiger partial charge in [0.25, 0.3) is 0 Å². The van der Waals surface area contributed by atoms with E-state index >= 15 is 0 Å². The second kappa shape index (κ2) is 8.12. The van der Waals surface area contributed by atoms with Crippen molar-refractivity contribution in [3.8, 4) is 5.75 Å². The summed E-state index contributed by atoms with van der Waals surface area (Å²) in [5.41, 5.74) is 0.681. The highest BCUT2D eigenvalue weighted by molar-refractivity contribution is 6.32. The lowest BCUT2D eigenvalue weighted by molar-refractivity contribution is -0.116. The lowest BCUT2D eigenvalue weighted by Gasteiger charge is -2.13. The maximum Gasteiger partial charge on any atom is 0.225 e. The molecule has 0 bridgehead atoms. The third-order valence-corrected chi connectivity index (χ3v) is 2.78. The van der Waals surface area contributed by atoms with Crippen molar-refractivity contribution in [3.63, 3.8) is 0 Å². The Labute approximate surface area is 125 Å². The van der Waals surface area contributed by atoms with Crippen LogP contribution in [0.4, 0.5) is 5.69 Å². The van der Waals surface area contributed by atoms with E-state index in [-0.39, 0.29) is 12.0 Å². The van der Waals surface area contributed by atoms with E-state index < -0.39 is 0 Å². The number of rotatable bonds is 7. The number of hydrogen-bond acceptors (Lipinski definition) is 3. The molecule has 0 radical (unpaired) electrons. The van der Waals surface area contributed by atoms with Gasteiger partial charge in [-0.3, -0.25) is 4.79 Å². The summed E-state index contributed by atoms with van der Waals surface area (Å²) in [6.07, 6.45) is 0.495. The van der Waals surface area contributed by atoms with Crippen molar-refractivity contribution in [1.29, 1.82) is 0 Å². The van der Waals surface area contributed by atoms with E-state index in [0.29, 0.717) is 35.5 Å². The quantitative estimate of drug-likeness (QED) is 0.810. The molecule has 1 rings (SSSR count). The standard InChI is InChI=1S/C15H23ClN2O2/c1-10(2)17-8-7-15(19)18-12-5-6-14(13(16)9-12)20-11(3)4/h5-6,9-11,17H,7-8H2,1-4H3,(H,18,19). The minimum atomic E-state index is -0.0354. The van der Waals surface area contributed by atoms with E-state index in [0.717, 1.165) is 0 Å². The summed E-state index contributed by atoms with van der Waals surface area (Å²) in [6.45, 7) is 8.63. The first-order valence-corrected chi connectivity index (χ1v) is 7.25. The average molecular weight is 299 g/mol. The van der Waals surface area contributed by atoms with Crippen molar-refractivity contribution < 1.29 is 9.53 Å². The Balaban J connectivity index is 2.52. The summed E-state index contributed by atoms with van der Waals surface area (Å²) in [4.78, 5) is 11.7. The van der Waals surface area contributed by atoms with Crippen LogP contribution in [-0.4, -0.2) is 24.6 Å². The van der Waals surface area contributed by atoms with Crippen LogP contribution in [0.1, 0.15) is 34.1 Å². The molecule has 0 fully saturated rings. The number of carbonyl (C=O) groups excluding carboxylic acids is 1. The number of carbonyl (C=O) groups is 1. The van der Waals surface area contributed by atoms with E-state index in [1.165, 1.54) is 0 Å². The average Bonchev–Trinajstić information content (AvgIpc) is 2.31. The minimum Gasteiger partial charge on any atom is -0.489 e. The summed E-state index contributed by atoms with van der Waals surface area (Å²) in [5.74, 6) is 0.591. The first-order chi connectivity index (χ1) is 9.38. The third kappa shape index (κ3) is 6.26. The summed E-state index contributed by atoms with van der Waals surface area (Å²) < 4.78 is 5.54. The Morgan fingerprint density at radius 2 is 2.00 bits per heavy atom. The largest absolute Gasteiger partial charge is 0.489 e. The summed E-state index contributed by atoms with van der Waals surface area (Å²) in [7, 11) is 0. The highest BCUT2D eigenvalue weighted by atomic mass is 35.5. The van der Waals surface area contributed by atoms with Crippen molar-refractivity contribution >= 4 is 23.2 Å². The molecule has 0 saturated heterocycles. The van der Waals surface area contributed by atoms with Gasteiger partial charge in [0, 0.05) is 24.7 Å². The first-order valence-electron chi connectivity index (χ1n) is 6.88. The van der Waals surface area contributed by atoms with Crippen LogP contribution in [0.25, 0.3) is 0 Å². The zero-order valence-electron chi connectivity index (χ0n) is 12.5. The van der Waals surface area contributed by atoms with Crippen molar-refractivity contribution in [2.45, 2.75) is 46.3 Å². The Bertz CT molecular complexity index is 447. The van der Waals surface area contributed by atoms with Gasteiger partial charge in [0.05, 0.1) is 11.1 Å². The lowest BCUT2D eigenvalue weighted by atomic mass is 10.2. The summed E-state index contributed by atoms with van der Waals surface area (Å²) >= 11 is 6.11. The van der Waals surface area contributed by atoms with Crippen molar-refractivity contribution in [2.24, 2.45) is 0 Å². The Morgan fingerprint density at radius 1 is 1.30 bits per heavy atom. The first kappa shape index (κ1) is 16.8. The number of benzene rings is 1. The van der Waals surface area contributed by atoms with Gasteiger partial charge in [0.15, 0.2) is 0 Å². The number of anilines is 1. The second-order valence-electron chi connectivity index (χ2n) is 5.22. The molecule has 2 N–H and O–H groups in total. The molecule has 0 spiro atoms. The van der Waals surface area contributed by atoms with Crippen LogP contribution in [0, 0.1) is 0 Å². The maximum atomic E-state index is 11.7. The molecular formula is C15H23ClN2O2. The lowest BCUT2D eigenvalue weighted by Crippen LogP contribution is -2.27. The van der Waals surface area contributed by atoms with Gasteiger partial charge in [-0.15, -0.1) is 0 Å². The molecule has 1 aromatic rings. The highest BCUT2D eigenvalue weighted by Gasteiger charge is 2.07. The number of amides is 1. The zero-order chi connectivity index (χ0) is 15.1. The van der Waals surface area contributed by atoms with Gasteiger partial charge in [0.2, 0.25) is 5.91 Å². The van der Waals surface area contributed by atoms with Crippen molar-refractivity contribution in [3.05, 3.63) is 23.2 Å². The van der Waals surface area contributed by atoms with Gasteiger partial charge in [-0.25, -0.2) is 0 Å². The SMILES string of the molecule is CC(C)NCCC(=O)Nc1ccc(OC(C)C)c(Cl)c1. The van der Waals surface area contributed by atoms with E-state index in [1.807, 2.05) is 27.7 Å². The fourth-order valence-electron chi connectivity index (χ4n) is 1.63. The number of ether oxygens (including phenoxy) is 1. The van der Waals surface area contributed by atoms with Gasteiger partial charge in [-0.05, 0) is 32.0 Å². The molecule has 0 aromatic heterocycles. The molecule has 0 saturated carbocycles. The molecule has 20 heavy (non-hydrogen) atoms. The Morgan fingerprint density at radius 3 is 2.55 bits per heavy atom. The van der Waals surface area contributed by atoms with Crippen LogP contribution in [0.2, 0.25) is 5.02 Å². The molecule has 0 unspecified atom stereocenters. The summed E-state index contributed by atoms with van der Waals surface area (Å²) in [5, 5.41) is 6.51. The van der Waals surface area contributed by atoms with E-state index in [1.54, 1.807) is 18.2 Å². The molecule has 1 aromatic carbocycles. The number of hydrogen-bond donors (Lipinski definition) is 2. The van der Waals surface area contributed by atoms with Crippen molar-refractivity contribution in [2.75, 3.05) is 11.9 Å². The second-order valence-corrected chi connectivity index (χ2v) is 5.63. The maximum absolute atomic E-state index is 11.7. The highest BCUT2D eigenvalue weighted by Crippen LogP contribution is 2.28. The topological polar surface area (TPSA) is 50.4 Å². The number of halogens is 1. The molecular weight excluding hydrogens is 276 g/mol. The third-order valence-electron chi connectivity index (χ3n) is 2.48. The molecule has 5 heteroatoms. The molecule has 4 nitrogen and oxygen atoms in total. The van der Waals surface area contributed by atoms with Gasteiger partial charge in [-0.2, -0.15) is 0 Å². The van der Waals surface area contributed by atoms with Gasteiger partial charge in [-0.1, -0.05) is 25.4 Å². The molecule has 0 aliphatic rings. The summed E-state index contributed by atoms with van der Waals surface area (Å²) in [6, 6.07) is 5.64. The van der Waals surface area contributed by atoms with Gasteiger partial charge >= 0.3 is 0 Å².